The molecule has 1 rings (SSSR count). The molecule has 22 heavy (non-hydrogen) atoms. The molecule has 2 unspecified atom stereocenters. The standard InChI is InChI=1S/C6H8O4P2S4.C2H5O.3Li/c7-11(13,14)9-5-1-2-6(4-3-5)10-12(8,15)16;1-2-3;;;/h1-4H,(H2,7,13,14)(H2,8,15,16);2H2,1H3;;;/q;-1;3*+1/p-2. The third-order valence-corrected chi connectivity index (χ3v) is 3.06. The number of hydrogen-bond donors (Lipinski definition) is 2. The van der Waals surface area contributed by atoms with Gasteiger partial charge in [0.25, 0.3) is 5.69 Å². The van der Waals surface area contributed by atoms with E-state index in [0.717, 1.165) is 0 Å². The van der Waals surface area contributed by atoms with Crippen LogP contribution in [-0.4, -0.2) is 11.5 Å². The predicted molar refractivity (Wildman–Crippen MR) is 85.4 cm³/mol. The second-order valence-electron chi connectivity index (χ2n) is 2.88. The van der Waals surface area contributed by atoms with Gasteiger partial charge in [0.2, 0.25) is 0 Å². The predicted octanol–water partition coefficient (Wildman–Crippen LogP) is -7.90. The van der Waals surface area contributed by atoms with E-state index in [1.165, 1.54) is 24.3 Å². The Bertz CT molecular complexity index is 438. The summed E-state index contributed by atoms with van der Waals surface area (Å²) in [6.45, 7) is 1.57. The van der Waals surface area contributed by atoms with Crippen LogP contribution in [0.25, 0.3) is 0 Å². The third-order valence-electron chi connectivity index (χ3n) is 1.27. The van der Waals surface area contributed by atoms with Crippen LogP contribution in [0, 0.1) is 0 Å². The Morgan fingerprint density at radius 3 is 1.64 bits per heavy atom. The van der Waals surface area contributed by atoms with E-state index in [2.05, 4.69) is 48.1 Å². The topological polar surface area (TPSA) is 84.8 Å². The van der Waals surface area contributed by atoms with Gasteiger partial charge < -0.3 is 36.2 Å². The number of benzene rings is 1. The fourth-order valence-electron chi connectivity index (χ4n) is 0.828. The van der Waals surface area contributed by atoms with Crippen molar-refractivity contribution in [2.45, 2.75) is 6.92 Å². The van der Waals surface area contributed by atoms with Crippen molar-refractivity contribution in [2.75, 3.05) is 6.61 Å². The van der Waals surface area contributed by atoms with Gasteiger partial charge in [-0.2, -0.15) is 0 Å². The van der Waals surface area contributed by atoms with Crippen molar-refractivity contribution in [1.82, 2.24) is 0 Å². The summed E-state index contributed by atoms with van der Waals surface area (Å²) in [5, 5.41) is 8.93. The van der Waals surface area contributed by atoms with Gasteiger partial charge in [0, 0.05) is 0 Å². The molecule has 0 heterocycles. The first-order valence-corrected chi connectivity index (χ1v) is 12.2. The normalized spacial score (nSPS) is 14.1. The monoisotopic (exact) mass is 398 g/mol. The average molecular weight is 398 g/mol. The van der Waals surface area contributed by atoms with E-state index in [9.17, 15) is 9.79 Å². The summed E-state index contributed by atoms with van der Waals surface area (Å²) in [5.41, 5.74) is -6.45. The molecule has 0 aromatic heterocycles. The van der Waals surface area contributed by atoms with Crippen molar-refractivity contribution in [3.63, 3.8) is 0 Å². The maximum Gasteiger partial charge on any atom is 1.00 e. The summed E-state index contributed by atoms with van der Waals surface area (Å²) in [4.78, 5) is 20.2. The van der Waals surface area contributed by atoms with Gasteiger partial charge in [0.15, 0.2) is 0 Å². The van der Waals surface area contributed by atoms with Crippen LogP contribution >= 0.6 is 23.6 Å². The number of rotatable bonds is 4. The van der Waals surface area contributed by atoms with Crippen molar-refractivity contribution < 1.29 is 80.5 Å². The van der Waals surface area contributed by atoms with Gasteiger partial charge in [-0.05, 0) is 36.1 Å². The molecular formula is C8H11Li3O5P2S4. The van der Waals surface area contributed by atoms with Crippen molar-refractivity contribution in [1.29, 1.82) is 0 Å². The zero-order chi connectivity index (χ0) is 15.1. The Kier molecular flexibility index (Phi) is 23.0. The zero-order valence-corrected chi connectivity index (χ0v) is 17.8. The first-order chi connectivity index (χ1) is 8.57. The molecule has 5 nitrogen and oxygen atoms in total. The van der Waals surface area contributed by atoms with Gasteiger partial charge in [-0.3, -0.25) is 0 Å². The fourth-order valence-corrected chi connectivity index (χ4v) is 2.66. The van der Waals surface area contributed by atoms with E-state index < -0.39 is 11.4 Å². The van der Waals surface area contributed by atoms with Crippen molar-refractivity contribution in [2.24, 2.45) is 0 Å². The SMILES string of the molecule is CC[O-].[Li+].[Li+].[Li+].[O-]P(=S)([S-])Oc1ccc(OP(O)(=S)S)cc1. The molecular weight excluding hydrogens is 387 g/mol. The molecule has 0 amide bonds. The molecule has 110 valence electrons. The van der Waals surface area contributed by atoms with Crippen LogP contribution in [0.4, 0.5) is 0 Å². The molecule has 0 aliphatic carbocycles. The molecule has 0 saturated carbocycles. The van der Waals surface area contributed by atoms with Crippen molar-refractivity contribution >= 4 is 59.5 Å². The van der Waals surface area contributed by atoms with Crippen LogP contribution in [-0.2, 0) is 35.9 Å². The van der Waals surface area contributed by atoms with Crippen LogP contribution in [0.15, 0.2) is 24.3 Å². The first-order valence-electron chi connectivity index (χ1n) is 4.72. The minimum Gasteiger partial charge on any atom is -0.855 e. The van der Waals surface area contributed by atoms with E-state index in [4.69, 9.17) is 14.2 Å². The van der Waals surface area contributed by atoms with E-state index in [1.807, 2.05) is 0 Å². The molecule has 0 bridgehead atoms. The number of hydrogen-bond acceptors (Lipinski definition) is 7. The maximum absolute atomic E-state index is 11.0. The van der Waals surface area contributed by atoms with Crippen LogP contribution in [0.5, 0.6) is 11.5 Å². The van der Waals surface area contributed by atoms with Crippen molar-refractivity contribution in [3.05, 3.63) is 24.3 Å². The molecule has 0 aliphatic rings. The Morgan fingerprint density at radius 1 is 1.14 bits per heavy atom. The van der Waals surface area contributed by atoms with Crippen LogP contribution in [0.3, 0.4) is 0 Å². The molecule has 0 saturated heterocycles. The quantitative estimate of drug-likeness (QED) is 0.224. The third kappa shape index (κ3) is 20.5. The summed E-state index contributed by atoms with van der Waals surface area (Å²) in [7, 11) is 0. The second kappa shape index (κ2) is 15.7. The molecule has 0 fully saturated rings. The molecule has 1 aromatic carbocycles. The molecule has 0 spiro atoms. The maximum atomic E-state index is 11.0. The molecule has 14 heteroatoms. The van der Waals surface area contributed by atoms with E-state index in [0.29, 0.717) is 5.75 Å². The first kappa shape index (κ1) is 32.2. The largest absolute Gasteiger partial charge is 1.00 e. The van der Waals surface area contributed by atoms with Gasteiger partial charge in [-0.25, -0.2) is 0 Å². The average Bonchev–Trinajstić information content (AvgIpc) is 2.18. The van der Waals surface area contributed by atoms with Gasteiger partial charge in [0.1, 0.15) is 11.5 Å². The summed E-state index contributed by atoms with van der Waals surface area (Å²) in [5.74, 6) is 0.600. The zero-order valence-electron chi connectivity index (χ0n) is 12.7. The van der Waals surface area contributed by atoms with Crippen LogP contribution in [0.2, 0.25) is 0 Å². The Labute approximate surface area is 187 Å². The summed E-state index contributed by atoms with van der Waals surface area (Å²) >= 11 is 17.2. The smallest absolute Gasteiger partial charge is 0.855 e. The summed E-state index contributed by atoms with van der Waals surface area (Å²) in [6, 6.07) is 5.87. The molecule has 2 atom stereocenters. The summed E-state index contributed by atoms with van der Waals surface area (Å²) < 4.78 is 9.77. The minimum absolute atomic E-state index is 0. The Balaban J connectivity index is -0.000000249. The van der Waals surface area contributed by atoms with Gasteiger partial charge in [0.05, 0.1) is 0 Å². The summed E-state index contributed by atoms with van der Waals surface area (Å²) in [6.07, 6.45) is 0. The van der Waals surface area contributed by atoms with Gasteiger partial charge >= 0.3 is 56.6 Å². The molecule has 1 N–H and O–H groups in total. The van der Waals surface area contributed by atoms with Crippen LogP contribution in [0.1, 0.15) is 6.92 Å². The number of thiol groups is 1. The van der Waals surface area contributed by atoms with E-state index in [1.54, 1.807) is 6.92 Å². The van der Waals surface area contributed by atoms with Gasteiger partial charge in [-0.1, -0.05) is 36.7 Å². The fraction of sp³-hybridized carbons (Fsp3) is 0.250. The molecule has 0 aliphatic heterocycles. The Hall–Kier alpha value is 2.49. The van der Waals surface area contributed by atoms with E-state index >= 15 is 0 Å². The second-order valence-corrected chi connectivity index (χ2v) is 12.6. The van der Waals surface area contributed by atoms with E-state index in [-0.39, 0.29) is 68.9 Å². The minimum atomic E-state index is -3.40. The van der Waals surface area contributed by atoms with Crippen LogP contribution < -0.4 is 75.6 Å². The van der Waals surface area contributed by atoms with Crippen molar-refractivity contribution in [3.8, 4) is 11.5 Å². The van der Waals surface area contributed by atoms with Gasteiger partial charge in [-0.15, -0.1) is 6.61 Å². The molecule has 1 aromatic rings. The molecule has 0 radical (unpaired) electrons. The Morgan fingerprint density at radius 2 is 1.41 bits per heavy atom.